The maximum atomic E-state index is 11.8. The van der Waals surface area contributed by atoms with Crippen molar-refractivity contribution >= 4 is 11.2 Å². The van der Waals surface area contributed by atoms with Crippen LogP contribution in [0.5, 0.6) is 0 Å². The minimum absolute atomic E-state index is 0.241. The van der Waals surface area contributed by atoms with E-state index >= 15 is 0 Å². The van der Waals surface area contributed by atoms with Gasteiger partial charge in [0.15, 0.2) is 11.2 Å². The minimum Gasteiger partial charge on any atom is -0.305 e. The SMILES string of the molecule is O=c1[nH]c(-c2ccncc2)nc2nccnc12. The summed E-state index contributed by atoms with van der Waals surface area (Å²) in [6.45, 7) is 0. The zero-order valence-corrected chi connectivity index (χ0v) is 8.66. The summed E-state index contributed by atoms with van der Waals surface area (Å²) >= 11 is 0. The molecule has 0 spiro atoms. The topological polar surface area (TPSA) is 84.4 Å². The second kappa shape index (κ2) is 3.75. The van der Waals surface area contributed by atoms with Crippen LogP contribution in [-0.4, -0.2) is 24.9 Å². The van der Waals surface area contributed by atoms with Crippen LogP contribution in [-0.2, 0) is 0 Å². The number of hydrogen-bond donors (Lipinski definition) is 1. The third-order valence-electron chi connectivity index (χ3n) is 2.30. The number of pyridine rings is 1. The van der Waals surface area contributed by atoms with E-state index in [1.54, 1.807) is 24.5 Å². The van der Waals surface area contributed by atoms with Gasteiger partial charge in [-0.05, 0) is 12.1 Å². The molecule has 0 radical (unpaired) electrons. The Morgan fingerprint density at radius 1 is 1.00 bits per heavy atom. The van der Waals surface area contributed by atoms with Crippen molar-refractivity contribution in [1.29, 1.82) is 0 Å². The van der Waals surface area contributed by atoms with Gasteiger partial charge >= 0.3 is 0 Å². The number of nitrogens with one attached hydrogen (secondary N) is 1. The molecule has 6 nitrogen and oxygen atoms in total. The molecule has 0 saturated carbocycles. The maximum Gasteiger partial charge on any atom is 0.279 e. The van der Waals surface area contributed by atoms with Crippen LogP contribution in [0.3, 0.4) is 0 Å². The van der Waals surface area contributed by atoms with Crippen LogP contribution < -0.4 is 5.56 Å². The lowest BCUT2D eigenvalue weighted by Gasteiger charge is -2.00. The highest BCUT2D eigenvalue weighted by atomic mass is 16.1. The number of aromatic amines is 1. The average molecular weight is 225 g/mol. The molecule has 17 heavy (non-hydrogen) atoms. The quantitative estimate of drug-likeness (QED) is 0.661. The first-order valence-corrected chi connectivity index (χ1v) is 4.96. The van der Waals surface area contributed by atoms with Gasteiger partial charge in [0.05, 0.1) is 0 Å². The lowest BCUT2D eigenvalue weighted by molar-refractivity contribution is 1.11. The molecule has 3 heterocycles. The second-order valence-electron chi connectivity index (χ2n) is 3.38. The van der Waals surface area contributed by atoms with E-state index in [2.05, 4.69) is 24.9 Å². The van der Waals surface area contributed by atoms with Crippen LogP contribution in [0.1, 0.15) is 0 Å². The summed E-state index contributed by atoms with van der Waals surface area (Å²) < 4.78 is 0. The van der Waals surface area contributed by atoms with Crippen molar-refractivity contribution in [2.75, 3.05) is 0 Å². The predicted octanol–water partition coefficient (Wildman–Crippen LogP) is 0.775. The van der Waals surface area contributed by atoms with Gasteiger partial charge in [0.25, 0.3) is 5.56 Å². The monoisotopic (exact) mass is 225 g/mol. The van der Waals surface area contributed by atoms with Gasteiger partial charge in [-0.25, -0.2) is 15.0 Å². The maximum absolute atomic E-state index is 11.8. The molecule has 3 rings (SSSR count). The fraction of sp³-hybridized carbons (Fsp3) is 0. The van der Waals surface area contributed by atoms with Crippen LogP contribution >= 0.6 is 0 Å². The molecule has 0 amide bonds. The van der Waals surface area contributed by atoms with E-state index in [1.165, 1.54) is 12.4 Å². The third-order valence-corrected chi connectivity index (χ3v) is 2.30. The molecule has 0 aromatic carbocycles. The molecule has 0 aliphatic heterocycles. The Labute approximate surface area is 95.4 Å². The molecule has 1 N–H and O–H groups in total. The van der Waals surface area contributed by atoms with Crippen molar-refractivity contribution in [1.82, 2.24) is 24.9 Å². The zero-order chi connectivity index (χ0) is 11.7. The van der Waals surface area contributed by atoms with Gasteiger partial charge in [-0.3, -0.25) is 9.78 Å². The van der Waals surface area contributed by atoms with E-state index in [-0.39, 0.29) is 11.1 Å². The molecule has 0 aliphatic rings. The fourth-order valence-electron chi connectivity index (χ4n) is 1.52. The van der Waals surface area contributed by atoms with Crippen molar-refractivity contribution in [3.8, 4) is 11.4 Å². The van der Waals surface area contributed by atoms with E-state index in [0.29, 0.717) is 11.5 Å². The Hall–Kier alpha value is -2.63. The standard InChI is InChI=1S/C11H7N5O/c17-11-8-10(14-6-5-13-8)15-9(16-11)7-1-3-12-4-2-7/h1-6H,(H,14,15,16,17). The molecule has 0 bridgehead atoms. The van der Waals surface area contributed by atoms with E-state index < -0.39 is 0 Å². The van der Waals surface area contributed by atoms with E-state index in [9.17, 15) is 4.79 Å². The van der Waals surface area contributed by atoms with Crippen LogP contribution in [0, 0.1) is 0 Å². The average Bonchev–Trinajstić information content (AvgIpc) is 2.40. The lowest BCUT2D eigenvalue weighted by atomic mass is 10.2. The Balaban J connectivity index is 2.30. The smallest absolute Gasteiger partial charge is 0.279 e. The van der Waals surface area contributed by atoms with Crippen molar-refractivity contribution in [2.45, 2.75) is 0 Å². The summed E-state index contributed by atoms with van der Waals surface area (Å²) in [4.78, 5) is 30.5. The van der Waals surface area contributed by atoms with Gasteiger partial charge in [0, 0.05) is 30.4 Å². The zero-order valence-electron chi connectivity index (χ0n) is 8.66. The summed E-state index contributed by atoms with van der Waals surface area (Å²) in [7, 11) is 0. The van der Waals surface area contributed by atoms with E-state index in [4.69, 9.17) is 0 Å². The Bertz CT molecular complexity index is 723. The summed E-state index contributed by atoms with van der Waals surface area (Å²) in [5, 5.41) is 0. The largest absolute Gasteiger partial charge is 0.305 e. The highest BCUT2D eigenvalue weighted by molar-refractivity contribution is 5.70. The lowest BCUT2D eigenvalue weighted by Crippen LogP contribution is -2.11. The molecular weight excluding hydrogens is 218 g/mol. The van der Waals surface area contributed by atoms with Gasteiger partial charge in [0.1, 0.15) is 5.82 Å². The Morgan fingerprint density at radius 3 is 2.59 bits per heavy atom. The van der Waals surface area contributed by atoms with Crippen LogP contribution in [0.2, 0.25) is 0 Å². The predicted molar refractivity (Wildman–Crippen MR) is 61.2 cm³/mol. The highest BCUT2D eigenvalue weighted by Crippen LogP contribution is 2.12. The van der Waals surface area contributed by atoms with Crippen molar-refractivity contribution in [3.63, 3.8) is 0 Å². The van der Waals surface area contributed by atoms with Crippen molar-refractivity contribution in [3.05, 3.63) is 47.3 Å². The first-order valence-electron chi connectivity index (χ1n) is 4.96. The number of rotatable bonds is 1. The van der Waals surface area contributed by atoms with Gasteiger partial charge < -0.3 is 4.98 Å². The molecule has 3 aromatic heterocycles. The van der Waals surface area contributed by atoms with Gasteiger partial charge in [-0.1, -0.05) is 0 Å². The first-order chi connectivity index (χ1) is 8.34. The molecule has 0 atom stereocenters. The molecule has 3 aromatic rings. The minimum atomic E-state index is -0.296. The van der Waals surface area contributed by atoms with Crippen molar-refractivity contribution < 1.29 is 0 Å². The summed E-state index contributed by atoms with van der Waals surface area (Å²) in [6, 6.07) is 3.53. The molecular formula is C11H7N5O. The molecule has 0 unspecified atom stereocenters. The van der Waals surface area contributed by atoms with Gasteiger partial charge in [-0.2, -0.15) is 0 Å². The molecule has 6 heteroatoms. The first kappa shape index (κ1) is 9.59. The van der Waals surface area contributed by atoms with Crippen LogP contribution in [0.25, 0.3) is 22.6 Å². The van der Waals surface area contributed by atoms with Gasteiger partial charge in [-0.15, -0.1) is 0 Å². The summed E-state index contributed by atoms with van der Waals surface area (Å²) in [5.74, 6) is 0.463. The highest BCUT2D eigenvalue weighted by Gasteiger charge is 2.06. The third kappa shape index (κ3) is 1.65. The number of aromatic nitrogens is 5. The molecule has 0 fully saturated rings. The molecule has 82 valence electrons. The van der Waals surface area contributed by atoms with E-state index in [0.717, 1.165) is 5.56 Å². The number of hydrogen-bond acceptors (Lipinski definition) is 5. The van der Waals surface area contributed by atoms with E-state index in [1.807, 2.05) is 0 Å². The second-order valence-corrected chi connectivity index (χ2v) is 3.38. The van der Waals surface area contributed by atoms with Crippen molar-refractivity contribution in [2.24, 2.45) is 0 Å². The summed E-state index contributed by atoms with van der Waals surface area (Å²) in [6.07, 6.45) is 6.24. The summed E-state index contributed by atoms with van der Waals surface area (Å²) in [5.41, 5.74) is 1.06. The van der Waals surface area contributed by atoms with Crippen LogP contribution in [0.15, 0.2) is 41.7 Å². The normalized spacial score (nSPS) is 10.6. The number of H-pyrrole nitrogens is 1. The molecule has 0 saturated heterocycles. The fourth-order valence-corrected chi connectivity index (χ4v) is 1.52. The van der Waals surface area contributed by atoms with Gasteiger partial charge in [0.2, 0.25) is 0 Å². The van der Waals surface area contributed by atoms with Crippen LogP contribution in [0.4, 0.5) is 0 Å². The molecule has 0 aliphatic carbocycles. The number of nitrogens with zero attached hydrogens (tertiary/aromatic N) is 4. The Morgan fingerprint density at radius 2 is 1.76 bits per heavy atom. The Kier molecular flexibility index (Phi) is 2.11. The number of fused-ring (bicyclic) bond motifs is 1.